The normalized spacial score (nSPS) is 11.7. The minimum absolute atomic E-state index is 0.0208. The van der Waals surface area contributed by atoms with Gasteiger partial charge in [-0.1, -0.05) is 0 Å². The van der Waals surface area contributed by atoms with Gasteiger partial charge in [0.15, 0.2) is 11.3 Å². The molecule has 0 amide bonds. The number of ether oxygens (including phenoxy) is 1. The number of esters is 1. The van der Waals surface area contributed by atoms with E-state index in [1.165, 1.54) is 18.3 Å². The van der Waals surface area contributed by atoms with Gasteiger partial charge in [0.2, 0.25) is 0 Å². The summed E-state index contributed by atoms with van der Waals surface area (Å²) in [5.41, 5.74) is -2.14. The van der Waals surface area contributed by atoms with Crippen molar-refractivity contribution in [1.82, 2.24) is 9.97 Å². The average molecular weight is 370 g/mol. The Morgan fingerprint density at radius 2 is 2.04 bits per heavy atom. The third-order valence-electron chi connectivity index (χ3n) is 3.32. The van der Waals surface area contributed by atoms with E-state index in [9.17, 15) is 22.4 Å². The maximum Gasteiger partial charge on any atom is 0.434 e. The van der Waals surface area contributed by atoms with E-state index in [0.717, 1.165) is 12.1 Å². The number of thiophene rings is 1. The molecule has 3 heterocycles. The van der Waals surface area contributed by atoms with Gasteiger partial charge in [0.1, 0.15) is 11.5 Å². The van der Waals surface area contributed by atoms with E-state index in [4.69, 9.17) is 0 Å². The Kier molecular flexibility index (Phi) is 4.42. The summed E-state index contributed by atoms with van der Waals surface area (Å²) in [7, 11) is 0. The van der Waals surface area contributed by atoms with Gasteiger partial charge in [0.05, 0.1) is 12.2 Å². The van der Waals surface area contributed by atoms with E-state index in [0.29, 0.717) is 5.56 Å². The van der Waals surface area contributed by atoms with Crippen LogP contribution in [0.15, 0.2) is 29.0 Å². The molecule has 0 aromatic carbocycles. The lowest BCUT2D eigenvalue weighted by molar-refractivity contribution is -0.141. The first kappa shape index (κ1) is 17.3. The summed E-state index contributed by atoms with van der Waals surface area (Å²) < 4.78 is 58.7. The summed E-state index contributed by atoms with van der Waals surface area (Å²) in [5.74, 6) is -1.89. The Labute approximate surface area is 143 Å². The second kappa shape index (κ2) is 6.40. The van der Waals surface area contributed by atoms with Crippen LogP contribution in [-0.2, 0) is 10.9 Å². The number of nitrogens with zero attached hydrogens (tertiary/aromatic N) is 2. The second-order valence-corrected chi connectivity index (χ2v) is 5.76. The zero-order valence-corrected chi connectivity index (χ0v) is 13.5. The molecule has 0 N–H and O–H groups in total. The van der Waals surface area contributed by atoms with Gasteiger partial charge in [-0.3, -0.25) is 0 Å². The number of carbonyl (C=O) groups excluding carboxylic acids is 1. The van der Waals surface area contributed by atoms with Gasteiger partial charge in [0.25, 0.3) is 0 Å². The molecule has 0 saturated heterocycles. The molecule has 4 nitrogen and oxygen atoms in total. The average Bonchev–Trinajstić information content (AvgIpc) is 3.06. The smallest absolute Gasteiger partial charge is 0.434 e. The molecule has 0 saturated carbocycles. The number of alkyl halides is 3. The SMILES string of the molecule is CCOC(=O)c1cc2cc(F)c(-c3ccsc3)nc2nc1C(F)(F)F. The summed E-state index contributed by atoms with van der Waals surface area (Å²) in [6.45, 7) is 1.37. The Bertz CT molecular complexity index is 939. The van der Waals surface area contributed by atoms with Gasteiger partial charge in [-0.15, -0.1) is 0 Å². The van der Waals surface area contributed by atoms with Crippen LogP contribution in [0.4, 0.5) is 17.6 Å². The molecule has 0 radical (unpaired) electrons. The van der Waals surface area contributed by atoms with Crippen LogP contribution in [0.1, 0.15) is 23.0 Å². The van der Waals surface area contributed by atoms with Crippen molar-refractivity contribution >= 4 is 28.3 Å². The first-order chi connectivity index (χ1) is 11.8. The summed E-state index contributed by atoms with van der Waals surface area (Å²) in [6, 6.07) is 3.50. The van der Waals surface area contributed by atoms with Crippen molar-refractivity contribution in [2.24, 2.45) is 0 Å². The molecule has 130 valence electrons. The monoisotopic (exact) mass is 370 g/mol. The number of carbonyl (C=O) groups is 1. The predicted molar refractivity (Wildman–Crippen MR) is 83.8 cm³/mol. The fourth-order valence-electron chi connectivity index (χ4n) is 2.26. The van der Waals surface area contributed by atoms with Crippen molar-refractivity contribution in [3.63, 3.8) is 0 Å². The molecular formula is C16H10F4N2O2S. The summed E-state index contributed by atoms with van der Waals surface area (Å²) >= 11 is 1.30. The van der Waals surface area contributed by atoms with E-state index in [2.05, 4.69) is 14.7 Å². The lowest BCUT2D eigenvalue weighted by Crippen LogP contribution is -2.17. The Morgan fingerprint density at radius 3 is 2.64 bits per heavy atom. The second-order valence-electron chi connectivity index (χ2n) is 4.98. The molecule has 0 aliphatic carbocycles. The van der Waals surface area contributed by atoms with Crippen LogP contribution in [0.25, 0.3) is 22.3 Å². The van der Waals surface area contributed by atoms with Crippen molar-refractivity contribution < 1.29 is 27.1 Å². The van der Waals surface area contributed by atoms with Crippen LogP contribution in [0.3, 0.4) is 0 Å². The van der Waals surface area contributed by atoms with Gasteiger partial charge >= 0.3 is 12.1 Å². The number of hydrogen-bond donors (Lipinski definition) is 0. The molecule has 3 rings (SSSR count). The quantitative estimate of drug-likeness (QED) is 0.496. The standard InChI is InChI=1S/C16H10F4N2O2S/c1-2-24-15(23)10-5-9-6-11(17)12(8-3-4-25-7-8)21-14(9)22-13(10)16(18,19)20/h3-7H,2H2,1H3. The van der Waals surface area contributed by atoms with Gasteiger partial charge in [-0.05, 0) is 30.5 Å². The molecule has 3 aromatic heterocycles. The molecule has 0 aliphatic rings. The number of pyridine rings is 2. The zero-order chi connectivity index (χ0) is 18.2. The number of fused-ring (bicyclic) bond motifs is 1. The van der Waals surface area contributed by atoms with Crippen LogP contribution in [0.5, 0.6) is 0 Å². The maximum atomic E-state index is 14.3. The fraction of sp³-hybridized carbons (Fsp3) is 0.188. The van der Waals surface area contributed by atoms with Gasteiger partial charge < -0.3 is 4.74 Å². The molecular weight excluding hydrogens is 360 g/mol. The third kappa shape index (κ3) is 3.32. The van der Waals surface area contributed by atoms with Crippen molar-refractivity contribution in [3.8, 4) is 11.3 Å². The molecule has 3 aromatic rings. The van der Waals surface area contributed by atoms with Crippen LogP contribution in [0.2, 0.25) is 0 Å². The Morgan fingerprint density at radius 1 is 1.28 bits per heavy atom. The highest BCUT2D eigenvalue weighted by Gasteiger charge is 2.38. The van der Waals surface area contributed by atoms with Gasteiger partial charge in [-0.25, -0.2) is 19.2 Å². The highest BCUT2D eigenvalue weighted by Crippen LogP contribution is 2.33. The Balaban J connectivity index is 2.25. The molecule has 9 heteroatoms. The van der Waals surface area contributed by atoms with E-state index in [-0.39, 0.29) is 23.3 Å². The largest absolute Gasteiger partial charge is 0.462 e. The lowest BCUT2D eigenvalue weighted by Gasteiger charge is -2.12. The maximum absolute atomic E-state index is 14.3. The predicted octanol–water partition coefficient (Wildman–Crippen LogP) is 4.69. The van der Waals surface area contributed by atoms with E-state index in [1.807, 2.05) is 0 Å². The minimum atomic E-state index is -4.88. The number of aromatic nitrogens is 2. The number of hydrogen-bond acceptors (Lipinski definition) is 5. The van der Waals surface area contributed by atoms with Crippen molar-refractivity contribution in [1.29, 1.82) is 0 Å². The first-order valence-corrected chi connectivity index (χ1v) is 8.03. The highest BCUT2D eigenvalue weighted by atomic mass is 32.1. The summed E-state index contributed by atoms with van der Waals surface area (Å²) in [5, 5.41) is 3.29. The van der Waals surface area contributed by atoms with Crippen molar-refractivity contribution in [2.75, 3.05) is 6.61 Å². The van der Waals surface area contributed by atoms with Crippen molar-refractivity contribution in [2.45, 2.75) is 13.1 Å². The topological polar surface area (TPSA) is 52.1 Å². The molecule has 0 bridgehead atoms. The lowest BCUT2D eigenvalue weighted by atomic mass is 10.1. The van der Waals surface area contributed by atoms with Gasteiger partial charge in [-0.2, -0.15) is 24.5 Å². The van der Waals surface area contributed by atoms with Crippen LogP contribution in [0, 0.1) is 5.82 Å². The molecule has 0 aliphatic heterocycles. The first-order valence-electron chi connectivity index (χ1n) is 7.09. The molecule has 0 atom stereocenters. The zero-order valence-electron chi connectivity index (χ0n) is 12.7. The van der Waals surface area contributed by atoms with Crippen molar-refractivity contribution in [3.05, 3.63) is 46.0 Å². The molecule has 0 unspecified atom stereocenters. The van der Waals surface area contributed by atoms with E-state index >= 15 is 0 Å². The van der Waals surface area contributed by atoms with E-state index in [1.54, 1.807) is 16.8 Å². The summed E-state index contributed by atoms with van der Waals surface area (Å²) in [4.78, 5) is 19.2. The minimum Gasteiger partial charge on any atom is -0.462 e. The number of halogens is 4. The van der Waals surface area contributed by atoms with Crippen LogP contribution in [-0.4, -0.2) is 22.5 Å². The summed E-state index contributed by atoms with van der Waals surface area (Å²) in [6.07, 6.45) is -4.88. The third-order valence-corrected chi connectivity index (χ3v) is 4.00. The van der Waals surface area contributed by atoms with Crippen LogP contribution >= 0.6 is 11.3 Å². The number of rotatable bonds is 3. The Hall–Kier alpha value is -2.55. The van der Waals surface area contributed by atoms with E-state index < -0.39 is 29.2 Å². The highest BCUT2D eigenvalue weighted by molar-refractivity contribution is 7.08. The molecule has 0 fully saturated rings. The molecule has 0 spiro atoms. The fourth-order valence-corrected chi connectivity index (χ4v) is 2.90. The molecule has 25 heavy (non-hydrogen) atoms. The van der Waals surface area contributed by atoms with Gasteiger partial charge in [0, 0.05) is 16.3 Å². The van der Waals surface area contributed by atoms with Crippen LogP contribution < -0.4 is 0 Å².